The van der Waals surface area contributed by atoms with Crippen molar-refractivity contribution in [2.75, 3.05) is 13.2 Å². The number of carboxylic acid groups (broad SMARTS) is 1. The maximum atomic E-state index is 12.0. The second-order valence-electron chi connectivity index (χ2n) is 6.24. The third-order valence-corrected chi connectivity index (χ3v) is 4.59. The van der Waals surface area contributed by atoms with Crippen LogP contribution in [0.5, 0.6) is 0 Å². The predicted octanol–water partition coefficient (Wildman–Crippen LogP) is 2.24. The standard InChI is InChI=1S/C18H22N2O4/c21-16(20-12-18(17(22)23)9-4-10-24-18)8-3-5-13-11-19-15-7-2-1-6-14(13)15/h1-2,6-7,11,19H,3-5,8-10,12H2,(H,20,21)(H,22,23). The molecule has 6 heteroatoms. The van der Waals surface area contributed by atoms with Gasteiger partial charge in [0.1, 0.15) is 0 Å². The summed E-state index contributed by atoms with van der Waals surface area (Å²) in [5, 5.41) is 13.2. The second kappa shape index (κ2) is 7.05. The molecule has 3 rings (SSSR count). The molecule has 6 nitrogen and oxygen atoms in total. The average molecular weight is 330 g/mol. The Hall–Kier alpha value is -2.34. The lowest BCUT2D eigenvalue weighted by molar-refractivity contribution is -0.159. The Balaban J connectivity index is 1.47. The largest absolute Gasteiger partial charge is 0.479 e. The Morgan fingerprint density at radius 1 is 1.33 bits per heavy atom. The van der Waals surface area contributed by atoms with E-state index in [4.69, 9.17) is 4.74 Å². The topological polar surface area (TPSA) is 91.4 Å². The molecule has 0 bridgehead atoms. The van der Waals surface area contributed by atoms with Crippen LogP contribution in [0, 0.1) is 0 Å². The molecule has 0 radical (unpaired) electrons. The number of H-pyrrole nitrogens is 1. The highest BCUT2D eigenvalue weighted by Crippen LogP contribution is 2.25. The maximum absolute atomic E-state index is 12.0. The highest BCUT2D eigenvalue weighted by Gasteiger charge is 2.43. The van der Waals surface area contributed by atoms with Crippen LogP contribution in [0.1, 0.15) is 31.2 Å². The molecule has 128 valence electrons. The van der Waals surface area contributed by atoms with Gasteiger partial charge in [-0.05, 0) is 37.3 Å². The number of nitrogens with one attached hydrogen (secondary N) is 2. The van der Waals surface area contributed by atoms with Gasteiger partial charge in [-0.25, -0.2) is 4.79 Å². The monoisotopic (exact) mass is 330 g/mol. The number of aliphatic carboxylic acids is 1. The van der Waals surface area contributed by atoms with E-state index >= 15 is 0 Å². The van der Waals surface area contributed by atoms with Gasteiger partial charge in [0.2, 0.25) is 5.91 Å². The van der Waals surface area contributed by atoms with Crippen LogP contribution in [0.15, 0.2) is 30.5 Å². The summed E-state index contributed by atoms with van der Waals surface area (Å²) < 4.78 is 5.35. The van der Waals surface area contributed by atoms with Gasteiger partial charge in [-0.2, -0.15) is 0 Å². The fraction of sp³-hybridized carbons (Fsp3) is 0.444. The molecule has 1 aliphatic heterocycles. The zero-order chi connectivity index (χ0) is 17.0. The van der Waals surface area contributed by atoms with E-state index in [2.05, 4.69) is 16.4 Å². The lowest BCUT2D eigenvalue weighted by Gasteiger charge is -2.23. The van der Waals surface area contributed by atoms with Gasteiger partial charge >= 0.3 is 5.97 Å². The minimum absolute atomic E-state index is 0.0360. The van der Waals surface area contributed by atoms with Crippen LogP contribution >= 0.6 is 0 Å². The third-order valence-electron chi connectivity index (χ3n) is 4.59. The summed E-state index contributed by atoms with van der Waals surface area (Å²) in [5.74, 6) is -1.13. The molecule has 2 aromatic rings. The number of aryl methyl sites for hydroxylation is 1. The fourth-order valence-corrected chi connectivity index (χ4v) is 3.19. The molecule has 3 N–H and O–H groups in total. The highest BCUT2D eigenvalue weighted by atomic mass is 16.5. The van der Waals surface area contributed by atoms with Gasteiger partial charge in [-0.3, -0.25) is 4.79 Å². The van der Waals surface area contributed by atoms with Crippen molar-refractivity contribution in [1.29, 1.82) is 0 Å². The van der Waals surface area contributed by atoms with Crippen molar-refractivity contribution in [3.8, 4) is 0 Å². The Morgan fingerprint density at radius 3 is 2.92 bits per heavy atom. The number of carboxylic acids is 1. The van der Waals surface area contributed by atoms with Gasteiger partial charge in [0.15, 0.2) is 5.60 Å². The van der Waals surface area contributed by atoms with E-state index in [1.54, 1.807) is 0 Å². The molecule has 0 aliphatic carbocycles. The van der Waals surface area contributed by atoms with Crippen LogP contribution in [-0.2, 0) is 20.7 Å². The first-order valence-corrected chi connectivity index (χ1v) is 8.30. The number of carbonyl (C=O) groups is 2. The zero-order valence-corrected chi connectivity index (χ0v) is 13.5. The third kappa shape index (κ3) is 3.43. The molecule has 1 saturated heterocycles. The van der Waals surface area contributed by atoms with Crippen LogP contribution in [0.2, 0.25) is 0 Å². The molecule has 1 amide bonds. The number of amides is 1. The quantitative estimate of drug-likeness (QED) is 0.726. The van der Waals surface area contributed by atoms with Gasteiger partial charge < -0.3 is 20.1 Å². The summed E-state index contributed by atoms with van der Waals surface area (Å²) in [5.41, 5.74) is 1.05. The van der Waals surface area contributed by atoms with E-state index in [1.165, 1.54) is 10.9 Å². The summed E-state index contributed by atoms with van der Waals surface area (Å²) in [6.45, 7) is 0.469. The van der Waals surface area contributed by atoms with Gasteiger partial charge in [-0.1, -0.05) is 18.2 Å². The Bertz CT molecular complexity index is 731. The van der Waals surface area contributed by atoms with Crippen molar-refractivity contribution in [2.45, 2.75) is 37.7 Å². The average Bonchev–Trinajstić information content (AvgIpc) is 3.21. The summed E-state index contributed by atoms with van der Waals surface area (Å²) in [7, 11) is 0. The van der Waals surface area contributed by atoms with Crippen LogP contribution in [-0.4, -0.2) is 40.7 Å². The van der Waals surface area contributed by atoms with Crippen molar-refractivity contribution >= 4 is 22.8 Å². The molecule has 1 aromatic heterocycles. The molecule has 1 unspecified atom stereocenters. The molecule has 1 aromatic carbocycles. The lowest BCUT2D eigenvalue weighted by atomic mass is 10.0. The van der Waals surface area contributed by atoms with Crippen molar-refractivity contribution in [1.82, 2.24) is 10.3 Å². The number of aromatic nitrogens is 1. The Morgan fingerprint density at radius 2 is 2.17 bits per heavy atom. The first-order chi connectivity index (χ1) is 11.6. The van der Waals surface area contributed by atoms with E-state index < -0.39 is 11.6 Å². The van der Waals surface area contributed by atoms with Crippen LogP contribution in [0.25, 0.3) is 10.9 Å². The summed E-state index contributed by atoms with van der Waals surface area (Å²) in [4.78, 5) is 26.6. The second-order valence-corrected chi connectivity index (χ2v) is 6.24. The van der Waals surface area contributed by atoms with Crippen LogP contribution < -0.4 is 5.32 Å². The van der Waals surface area contributed by atoms with Crippen LogP contribution in [0.4, 0.5) is 0 Å². The van der Waals surface area contributed by atoms with E-state index in [1.807, 2.05) is 24.4 Å². The summed E-state index contributed by atoms with van der Waals surface area (Å²) >= 11 is 0. The summed E-state index contributed by atoms with van der Waals surface area (Å²) in [6.07, 6.45) is 5.02. The van der Waals surface area contributed by atoms with Gasteiger partial charge in [-0.15, -0.1) is 0 Å². The molecule has 1 aliphatic rings. The molecule has 0 saturated carbocycles. The van der Waals surface area contributed by atoms with Gasteiger partial charge in [0.05, 0.1) is 6.54 Å². The number of carbonyl (C=O) groups excluding carboxylic acids is 1. The van der Waals surface area contributed by atoms with Crippen molar-refractivity contribution in [3.63, 3.8) is 0 Å². The molecule has 1 fully saturated rings. The number of hydrogen-bond acceptors (Lipinski definition) is 3. The fourth-order valence-electron chi connectivity index (χ4n) is 3.19. The number of para-hydroxylation sites is 1. The number of rotatable bonds is 7. The SMILES string of the molecule is O=C(CCCc1c[nH]c2ccccc12)NCC1(C(=O)O)CCCO1. The molecule has 24 heavy (non-hydrogen) atoms. The first kappa shape index (κ1) is 16.5. The lowest BCUT2D eigenvalue weighted by Crippen LogP contribution is -2.48. The number of aromatic amines is 1. The Labute approximate surface area is 140 Å². The van der Waals surface area contributed by atoms with Gasteiger partial charge in [0, 0.05) is 30.1 Å². The molecular formula is C18H22N2O4. The number of ether oxygens (including phenoxy) is 1. The minimum Gasteiger partial charge on any atom is -0.479 e. The van der Waals surface area contributed by atoms with Gasteiger partial charge in [0.25, 0.3) is 0 Å². The number of benzene rings is 1. The molecular weight excluding hydrogens is 308 g/mol. The molecule has 0 spiro atoms. The first-order valence-electron chi connectivity index (χ1n) is 8.30. The number of hydrogen-bond donors (Lipinski definition) is 3. The molecule has 1 atom stereocenters. The van der Waals surface area contributed by atoms with Crippen molar-refractivity contribution in [2.24, 2.45) is 0 Å². The number of fused-ring (bicyclic) bond motifs is 1. The summed E-state index contributed by atoms with van der Waals surface area (Å²) in [6, 6.07) is 8.08. The molecule has 2 heterocycles. The minimum atomic E-state index is -1.24. The van der Waals surface area contributed by atoms with Crippen molar-refractivity contribution < 1.29 is 19.4 Å². The zero-order valence-electron chi connectivity index (χ0n) is 13.5. The van der Waals surface area contributed by atoms with Crippen LogP contribution in [0.3, 0.4) is 0 Å². The van der Waals surface area contributed by atoms with E-state index in [-0.39, 0.29) is 12.5 Å². The van der Waals surface area contributed by atoms with E-state index in [0.717, 1.165) is 11.9 Å². The van der Waals surface area contributed by atoms with Crippen molar-refractivity contribution in [3.05, 3.63) is 36.0 Å². The van der Waals surface area contributed by atoms with E-state index in [9.17, 15) is 14.7 Å². The maximum Gasteiger partial charge on any atom is 0.337 e. The predicted molar refractivity (Wildman–Crippen MR) is 89.8 cm³/mol. The van der Waals surface area contributed by atoms with E-state index in [0.29, 0.717) is 32.3 Å². The highest BCUT2D eigenvalue weighted by molar-refractivity contribution is 5.83. The smallest absolute Gasteiger partial charge is 0.337 e. The Kier molecular flexibility index (Phi) is 4.85. The normalized spacial score (nSPS) is 20.3.